The topological polar surface area (TPSA) is 247 Å². The van der Waals surface area contributed by atoms with Crippen molar-refractivity contribution < 1.29 is 63.5 Å². The highest BCUT2D eigenvalue weighted by molar-refractivity contribution is 7.90. The number of likely N-dealkylation sites (tertiary alicyclic amines) is 1. The average Bonchev–Trinajstić information content (AvgIpc) is 1.61. The molecule has 3 heterocycles. The number of sulfone groups is 1. The van der Waals surface area contributed by atoms with E-state index in [4.69, 9.17) is 13.8 Å². The van der Waals surface area contributed by atoms with Gasteiger partial charge >= 0.3 is 7.60 Å². The smallest absolute Gasteiger partial charge is 0.415 e. The second-order valence-corrected chi connectivity index (χ2v) is 33.1. The Morgan fingerprint density at radius 1 is 0.735 bits per heavy atom. The summed E-state index contributed by atoms with van der Waals surface area (Å²) < 4.78 is 96.6. The van der Waals surface area contributed by atoms with Gasteiger partial charge in [0.1, 0.15) is 46.0 Å². The van der Waals surface area contributed by atoms with Crippen molar-refractivity contribution in [1.82, 2.24) is 20.9 Å². The molecular formula is C76H98N6O13PS2+. The van der Waals surface area contributed by atoms with Crippen molar-refractivity contribution >= 4 is 68.3 Å². The number of hydrogen-bond acceptors (Lipinski definition) is 13. The second-order valence-electron chi connectivity index (χ2n) is 27.3. The minimum Gasteiger partial charge on any atom is -0.415 e. The Kier molecular flexibility index (Phi) is 25.1. The number of nitrogens with one attached hydrogen (secondary N) is 3. The lowest BCUT2D eigenvalue weighted by Gasteiger charge is -2.37. The molecule has 6 unspecified atom stereocenters. The third-order valence-electron chi connectivity index (χ3n) is 19.4. The maximum atomic E-state index is 15.5. The highest BCUT2D eigenvalue weighted by atomic mass is 32.2. The number of ether oxygens (including phenoxy) is 1. The second kappa shape index (κ2) is 33.0. The Labute approximate surface area is 579 Å². The summed E-state index contributed by atoms with van der Waals surface area (Å²) in [4.78, 5) is 63.0. The van der Waals surface area contributed by atoms with Crippen LogP contribution in [0.25, 0.3) is 0 Å². The van der Waals surface area contributed by atoms with Gasteiger partial charge in [0, 0.05) is 66.4 Å². The van der Waals surface area contributed by atoms with Crippen molar-refractivity contribution in [1.29, 1.82) is 0 Å². The molecule has 5 aromatic carbocycles. The van der Waals surface area contributed by atoms with Crippen LogP contribution in [-0.2, 0) is 65.9 Å². The van der Waals surface area contributed by atoms with Gasteiger partial charge in [0.05, 0.1) is 22.7 Å². The summed E-state index contributed by atoms with van der Waals surface area (Å²) in [6.45, 7) is 16.6. The third-order valence-corrected chi connectivity index (χ3v) is 23.4. The van der Waals surface area contributed by atoms with E-state index < -0.39 is 92.3 Å². The molecule has 1 saturated carbocycles. The molecule has 0 bridgehead atoms. The van der Waals surface area contributed by atoms with E-state index in [-0.39, 0.29) is 59.8 Å². The van der Waals surface area contributed by atoms with E-state index >= 15 is 9.36 Å². The summed E-state index contributed by atoms with van der Waals surface area (Å²) in [5, 5.41) is 8.81. The summed E-state index contributed by atoms with van der Waals surface area (Å²) in [7, 11) is -12.5. The van der Waals surface area contributed by atoms with Crippen LogP contribution in [0.2, 0.25) is 0 Å². The van der Waals surface area contributed by atoms with E-state index in [9.17, 15) is 35.8 Å². The number of carbonyl (C=O) groups excluding carboxylic acids is 4. The average molecular weight is 1400 g/mol. The number of anilines is 1. The number of nitrogens with zero attached hydrogens (tertiary/aromatic N) is 3. The first kappa shape index (κ1) is 74.5. The van der Waals surface area contributed by atoms with E-state index in [1.807, 2.05) is 68.5 Å². The van der Waals surface area contributed by atoms with Crippen molar-refractivity contribution in [3.8, 4) is 11.5 Å². The molecule has 0 radical (unpaired) electrons. The van der Waals surface area contributed by atoms with E-state index in [0.29, 0.717) is 58.3 Å². The lowest BCUT2D eigenvalue weighted by molar-refractivity contribution is -0.433. The van der Waals surface area contributed by atoms with Crippen LogP contribution in [0.3, 0.4) is 0 Å². The Morgan fingerprint density at radius 3 is 2.06 bits per heavy atom. The predicted molar refractivity (Wildman–Crippen MR) is 384 cm³/mol. The number of para-hydroxylation sites is 2. The maximum Gasteiger partial charge on any atom is 0.452 e. The lowest BCUT2D eigenvalue weighted by Crippen LogP contribution is -2.59. The summed E-state index contributed by atoms with van der Waals surface area (Å²) in [5.41, 5.74) is 7.47. The van der Waals surface area contributed by atoms with Gasteiger partial charge in [0.15, 0.2) is 11.5 Å². The van der Waals surface area contributed by atoms with E-state index in [1.165, 1.54) is 39.6 Å². The fraction of sp³-hybridized carbons (Fsp3) is 0.461. The van der Waals surface area contributed by atoms with Crippen molar-refractivity contribution in [3.05, 3.63) is 186 Å². The largest absolute Gasteiger partial charge is 0.452 e. The highest BCUT2D eigenvalue weighted by Gasteiger charge is 2.51. The number of unbranched alkanes of at least 4 members (excludes halogenated alkanes) is 3. The van der Waals surface area contributed by atoms with Gasteiger partial charge in [-0.1, -0.05) is 137 Å². The monoisotopic (exact) mass is 1400 g/mol. The van der Waals surface area contributed by atoms with Gasteiger partial charge in [-0.25, -0.2) is 13.0 Å². The number of amides is 4. The van der Waals surface area contributed by atoms with Crippen molar-refractivity contribution in [2.45, 2.75) is 191 Å². The van der Waals surface area contributed by atoms with E-state index in [2.05, 4.69) is 77.4 Å². The van der Waals surface area contributed by atoms with Crippen LogP contribution < -0.4 is 29.9 Å². The first-order chi connectivity index (χ1) is 46.7. The normalized spacial score (nSPS) is 19.4. The molecule has 5 aromatic rings. The van der Waals surface area contributed by atoms with Crippen molar-refractivity contribution in [3.63, 3.8) is 0 Å². The summed E-state index contributed by atoms with van der Waals surface area (Å²) in [6, 6.07) is 33.9. The Balaban J connectivity index is 0.901. The highest BCUT2D eigenvalue weighted by Crippen LogP contribution is 2.54. The molecule has 1 saturated heterocycles. The molecule has 4 amide bonds. The minimum atomic E-state index is -4.50. The molecule has 3 aliphatic heterocycles. The van der Waals surface area contributed by atoms with E-state index in [1.54, 1.807) is 73.7 Å². The number of rotatable bonds is 33. The maximum absolute atomic E-state index is 15.5. The number of benzene rings is 5. The fourth-order valence-electron chi connectivity index (χ4n) is 14.2. The summed E-state index contributed by atoms with van der Waals surface area (Å²) in [5.74, 6) is -3.50. The first-order valence-electron chi connectivity index (χ1n) is 34.5. The molecule has 22 heteroatoms. The minimum absolute atomic E-state index is 0.0556. The summed E-state index contributed by atoms with van der Waals surface area (Å²) in [6.07, 6.45) is 17.2. The van der Waals surface area contributed by atoms with Gasteiger partial charge in [-0.05, 0) is 164 Å². The molecule has 0 spiro atoms. The molecule has 4 aliphatic rings. The van der Waals surface area contributed by atoms with Gasteiger partial charge in [-0.2, -0.15) is 13.0 Å². The molecule has 19 nitrogen and oxygen atoms in total. The van der Waals surface area contributed by atoms with Gasteiger partial charge in [0.2, 0.25) is 29.3 Å². The molecule has 0 aromatic heterocycles. The van der Waals surface area contributed by atoms with Crippen LogP contribution in [0.1, 0.15) is 154 Å². The molecule has 2 fully saturated rings. The van der Waals surface area contributed by atoms with Crippen LogP contribution in [0.4, 0.5) is 11.4 Å². The van der Waals surface area contributed by atoms with Crippen molar-refractivity contribution in [2.75, 3.05) is 36.6 Å². The molecule has 4 N–H and O–H groups in total. The molecule has 1 aliphatic carbocycles. The molecule has 98 heavy (non-hydrogen) atoms. The van der Waals surface area contributed by atoms with Crippen LogP contribution >= 0.6 is 7.60 Å². The zero-order chi connectivity index (χ0) is 70.4. The molecule has 526 valence electrons. The first-order valence-corrected chi connectivity index (χ1v) is 39.7. The fourth-order valence-corrected chi connectivity index (χ4v) is 17.3. The number of fused-ring (bicyclic) bond motifs is 3. The van der Waals surface area contributed by atoms with Crippen LogP contribution in [0.5, 0.6) is 11.5 Å². The van der Waals surface area contributed by atoms with Gasteiger partial charge in [0.25, 0.3) is 10.1 Å². The van der Waals surface area contributed by atoms with Gasteiger partial charge < -0.3 is 39.5 Å². The zero-order valence-electron chi connectivity index (χ0n) is 57.9. The van der Waals surface area contributed by atoms with Crippen molar-refractivity contribution in [2.24, 2.45) is 5.92 Å². The van der Waals surface area contributed by atoms with Crippen LogP contribution in [-0.4, -0.2) is 122 Å². The quantitative estimate of drug-likeness (QED) is 0.0100. The Morgan fingerprint density at radius 2 is 1.41 bits per heavy atom. The van der Waals surface area contributed by atoms with Crippen LogP contribution in [0, 0.1) is 12.8 Å². The zero-order valence-corrected chi connectivity index (χ0v) is 60.4. The third kappa shape index (κ3) is 18.6. The number of allylic oxidation sites excluding steroid dienone is 6. The standard InChI is InChI=1S/C76H97N6O13PS2/c1-9-71(96(87,94-57-33-18-12-19-34-57)95-58-35-20-13-21-36-58)79-73(85)67-51-56-32-25-26-38-64(56)82(67)74(86)63(46-49-97(8,88)89)78-72(84)62(37-27-29-48-93-53-55-30-16-11-17-31-55)77-70(83)41-24-15-28-47-81-66-45-43-59(98(90,91)92)52-61(66)76(6,7)69(81)40-23-14-22-39-68-75(4,5)60-50-54(3)42-44-65(60)80(68)10-2/h11-14,16-23,30-31,33-36,39-40,42-45,50,52,56,62-64,67,71H,9-10,15,24-29,32,37-38,41,46-49,51,53H2,1-8H3,(H3-,77,78,79,83,84,85,90,91,92)/p+1. The number of carbonyl (C=O) groups is 4. The SMILES string of the molecule is CCC(NC(=O)C1CC2CCCCC2N1C(=O)C(CCS(C)(=O)=O)NC(=O)C(CCCCOCc1ccccc1)NC(=O)CCCCCN1/C(=C/C=C/C=C/C2=[N+](CC)c3ccc(C)cc3C2(C)C)C(C)(C)c2cc(S(=O)(=O)O)ccc21)P(=O)(Oc1ccccc1)Oc1ccccc1. The van der Waals surface area contributed by atoms with Gasteiger partial charge in [-0.3, -0.25) is 23.7 Å². The lowest BCUT2D eigenvalue weighted by atomic mass is 9.81. The van der Waals surface area contributed by atoms with Crippen LogP contribution in [0.15, 0.2) is 168 Å². The Bertz CT molecular complexity index is 4000. The number of hydrogen-bond donors (Lipinski definition) is 4. The predicted octanol–water partition coefficient (Wildman–Crippen LogP) is 13.1. The summed E-state index contributed by atoms with van der Waals surface area (Å²) >= 11 is 0. The molecule has 6 atom stereocenters. The van der Waals surface area contributed by atoms with Gasteiger partial charge in [-0.15, -0.1) is 0 Å². The van der Waals surface area contributed by atoms with E-state index in [0.717, 1.165) is 54.6 Å². The Hall–Kier alpha value is -7.68. The molecular weight excluding hydrogens is 1300 g/mol. The molecule has 9 rings (SSSR count). The number of aryl methyl sites for hydroxylation is 1.